The van der Waals surface area contributed by atoms with Crippen molar-refractivity contribution in [2.24, 2.45) is 0 Å². The van der Waals surface area contributed by atoms with Crippen LogP contribution in [0, 0.1) is 0 Å². The molecule has 158 valence electrons. The van der Waals surface area contributed by atoms with E-state index in [1.165, 1.54) is 60.8 Å². The topological polar surface area (TPSA) is 20.7 Å². The summed E-state index contributed by atoms with van der Waals surface area (Å²) < 4.78 is 2.37. The molecular formula is C31H24N2. The number of allylic oxidation sites excluding steroid dienone is 1. The van der Waals surface area contributed by atoms with E-state index in [0.29, 0.717) is 5.92 Å². The third-order valence-corrected chi connectivity index (χ3v) is 7.16. The van der Waals surface area contributed by atoms with Crippen LogP contribution < -0.4 is 0 Å². The minimum atomic E-state index is 0.542. The first-order chi connectivity index (χ1) is 16.3. The highest BCUT2D eigenvalue weighted by molar-refractivity contribution is 6.10. The standard InChI is InChI=1S/C31H24N2/c1-20-8-7-12-28-31(20)26-19-21(14-16-27(26)32-28)22-15-17-30-25(18-22)24-11-5-6-13-29(24)33(30)23-9-3-2-4-10-23/h2-7,9-20,32H,8H2,1H3. The molecule has 0 spiro atoms. The molecule has 2 heterocycles. The predicted molar refractivity (Wildman–Crippen MR) is 140 cm³/mol. The molecule has 1 unspecified atom stereocenters. The van der Waals surface area contributed by atoms with Crippen LogP contribution in [0.2, 0.25) is 0 Å². The summed E-state index contributed by atoms with van der Waals surface area (Å²) >= 11 is 0. The van der Waals surface area contributed by atoms with Crippen LogP contribution in [0.5, 0.6) is 0 Å². The van der Waals surface area contributed by atoms with Gasteiger partial charge in [-0.1, -0.05) is 61.5 Å². The molecule has 0 saturated heterocycles. The van der Waals surface area contributed by atoms with E-state index >= 15 is 0 Å². The molecule has 0 fully saturated rings. The number of hydrogen-bond donors (Lipinski definition) is 1. The number of aromatic amines is 1. The molecule has 0 radical (unpaired) electrons. The van der Waals surface area contributed by atoms with Gasteiger partial charge in [-0.2, -0.15) is 0 Å². The molecule has 1 aliphatic carbocycles. The lowest BCUT2D eigenvalue weighted by atomic mass is 9.90. The summed E-state index contributed by atoms with van der Waals surface area (Å²) in [4.78, 5) is 3.61. The number of nitrogens with one attached hydrogen (secondary N) is 1. The van der Waals surface area contributed by atoms with Crippen LogP contribution in [0.3, 0.4) is 0 Å². The van der Waals surface area contributed by atoms with Gasteiger partial charge in [0.2, 0.25) is 0 Å². The number of hydrogen-bond acceptors (Lipinski definition) is 0. The second-order valence-corrected chi connectivity index (χ2v) is 9.17. The summed E-state index contributed by atoms with van der Waals surface area (Å²) in [6, 6.07) is 33.1. The van der Waals surface area contributed by atoms with Gasteiger partial charge in [0.25, 0.3) is 0 Å². The van der Waals surface area contributed by atoms with Crippen LogP contribution in [-0.2, 0) is 0 Å². The molecule has 2 nitrogen and oxygen atoms in total. The number of nitrogens with zero attached hydrogens (tertiary/aromatic N) is 1. The van der Waals surface area contributed by atoms with E-state index in [-0.39, 0.29) is 0 Å². The Labute approximate surface area is 192 Å². The normalized spacial score (nSPS) is 15.5. The quantitative estimate of drug-likeness (QED) is 0.288. The van der Waals surface area contributed by atoms with Crippen molar-refractivity contribution in [2.45, 2.75) is 19.3 Å². The first-order valence-corrected chi connectivity index (χ1v) is 11.7. The lowest BCUT2D eigenvalue weighted by Gasteiger charge is -2.14. The van der Waals surface area contributed by atoms with E-state index in [2.05, 4.69) is 120 Å². The first kappa shape index (κ1) is 18.5. The van der Waals surface area contributed by atoms with E-state index in [1.54, 1.807) is 0 Å². The molecule has 0 bridgehead atoms. The Morgan fingerprint density at radius 2 is 1.45 bits per heavy atom. The summed E-state index contributed by atoms with van der Waals surface area (Å²) in [5, 5.41) is 3.93. The molecular weight excluding hydrogens is 400 g/mol. The SMILES string of the molecule is CC1CC=Cc2[nH]c3ccc(-c4ccc5c(c4)c4ccccc4n5-c4ccccc4)cc3c21. The Bertz CT molecular complexity index is 1700. The Balaban J connectivity index is 1.46. The summed E-state index contributed by atoms with van der Waals surface area (Å²) in [6.45, 7) is 2.33. The molecule has 7 rings (SSSR count). The Morgan fingerprint density at radius 1 is 0.727 bits per heavy atom. The monoisotopic (exact) mass is 424 g/mol. The van der Waals surface area contributed by atoms with E-state index in [1.807, 2.05) is 0 Å². The van der Waals surface area contributed by atoms with Gasteiger partial charge in [0.05, 0.1) is 11.0 Å². The largest absolute Gasteiger partial charge is 0.355 e. The van der Waals surface area contributed by atoms with Gasteiger partial charge in [-0.05, 0) is 77.6 Å². The highest BCUT2D eigenvalue weighted by atomic mass is 15.0. The van der Waals surface area contributed by atoms with Crippen LogP contribution in [0.25, 0.3) is 55.6 Å². The summed E-state index contributed by atoms with van der Waals surface area (Å²) in [5.41, 5.74) is 10.1. The minimum Gasteiger partial charge on any atom is -0.355 e. The van der Waals surface area contributed by atoms with Crippen LogP contribution >= 0.6 is 0 Å². The van der Waals surface area contributed by atoms with Crippen LogP contribution in [0.15, 0.2) is 97.1 Å². The van der Waals surface area contributed by atoms with E-state index < -0.39 is 0 Å². The second-order valence-electron chi connectivity index (χ2n) is 9.17. The van der Waals surface area contributed by atoms with Crippen molar-refractivity contribution in [3.05, 3.63) is 108 Å². The maximum atomic E-state index is 3.61. The molecule has 1 N–H and O–H groups in total. The fourth-order valence-electron chi connectivity index (χ4n) is 5.59. The van der Waals surface area contributed by atoms with Crippen LogP contribution in [0.4, 0.5) is 0 Å². The van der Waals surface area contributed by atoms with Crippen molar-refractivity contribution in [2.75, 3.05) is 0 Å². The Hall–Kier alpha value is -4.04. The lowest BCUT2D eigenvalue weighted by molar-refractivity contribution is 0.778. The summed E-state index contributed by atoms with van der Waals surface area (Å²) in [5.74, 6) is 0.542. The van der Waals surface area contributed by atoms with Crippen molar-refractivity contribution < 1.29 is 0 Å². The third-order valence-electron chi connectivity index (χ3n) is 7.16. The fraction of sp³-hybridized carbons (Fsp3) is 0.0968. The number of aromatic nitrogens is 2. The highest BCUT2D eigenvalue weighted by Crippen LogP contribution is 2.39. The van der Waals surface area contributed by atoms with Crippen molar-refractivity contribution in [1.82, 2.24) is 9.55 Å². The molecule has 1 aliphatic rings. The predicted octanol–water partition coefficient (Wildman–Crippen LogP) is 8.45. The smallest absolute Gasteiger partial charge is 0.0541 e. The van der Waals surface area contributed by atoms with E-state index in [9.17, 15) is 0 Å². The molecule has 2 aromatic heterocycles. The Morgan fingerprint density at radius 3 is 2.33 bits per heavy atom. The molecule has 0 amide bonds. The second kappa shape index (κ2) is 6.98. The number of para-hydroxylation sites is 2. The zero-order chi connectivity index (χ0) is 21.9. The average molecular weight is 425 g/mol. The number of fused-ring (bicyclic) bond motifs is 6. The van der Waals surface area contributed by atoms with Crippen LogP contribution in [0.1, 0.15) is 30.5 Å². The molecule has 0 saturated carbocycles. The third kappa shape index (κ3) is 2.74. The van der Waals surface area contributed by atoms with Crippen LogP contribution in [-0.4, -0.2) is 9.55 Å². The minimum absolute atomic E-state index is 0.542. The zero-order valence-electron chi connectivity index (χ0n) is 18.5. The average Bonchev–Trinajstić information content (AvgIpc) is 3.40. The van der Waals surface area contributed by atoms with Crippen molar-refractivity contribution >= 4 is 38.8 Å². The van der Waals surface area contributed by atoms with E-state index in [4.69, 9.17) is 0 Å². The highest BCUT2D eigenvalue weighted by Gasteiger charge is 2.19. The molecule has 4 aromatic carbocycles. The lowest BCUT2D eigenvalue weighted by Crippen LogP contribution is -1.97. The number of rotatable bonds is 2. The molecule has 1 atom stereocenters. The molecule has 2 heteroatoms. The fourth-order valence-corrected chi connectivity index (χ4v) is 5.59. The van der Waals surface area contributed by atoms with Crippen molar-refractivity contribution in [1.29, 1.82) is 0 Å². The van der Waals surface area contributed by atoms with Gasteiger partial charge < -0.3 is 9.55 Å². The maximum Gasteiger partial charge on any atom is 0.0541 e. The van der Waals surface area contributed by atoms with E-state index in [0.717, 1.165) is 6.42 Å². The first-order valence-electron chi connectivity index (χ1n) is 11.7. The molecule has 33 heavy (non-hydrogen) atoms. The van der Waals surface area contributed by atoms with Crippen molar-refractivity contribution in [3.63, 3.8) is 0 Å². The molecule has 0 aliphatic heterocycles. The van der Waals surface area contributed by atoms with Gasteiger partial charge in [0.1, 0.15) is 0 Å². The van der Waals surface area contributed by atoms with Gasteiger partial charge in [-0.25, -0.2) is 0 Å². The maximum absolute atomic E-state index is 3.61. The summed E-state index contributed by atoms with van der Waals surface area (Å²) in [7, 11) is 0. The van der Waals surface area contributed by atoms with Gasteiger partial charge in [0, 0.05) is 33.1 Å². The van der Waals surface area contributed by atoms with Gasteiger partial charge in [-0.15, -0.1) is 0 Å². The molecule has 6 aromatic rings. The zero-order valence-corrected chi connectivity index (χ0v) is 18.5. The van der Waals surface area contributed by atoms with Gasteiger partial charge in [-0.3, -0.25) is 0 Å². The van der Waals surface area contributed by atoms with Gasteiger partial charge >= 0.3 is 0 Å². The van der Waals surface area contributed by atoms with Crippen molar-refractivity contribution in [3.8, 4) is 16.8 Å². The summed E-state index contributed by atoms with van der Waals surface area (Å²) in [6.07, 6.45) is 5.62. The number of H-pyrrole nitrogens is 1. The Kier molecular flexibility index (Phi) is 3.92. The van der Waals surface area contributed by atoms with Gasteiger partial charge in [0.15, 0.2) is 0 Å². The number of benzene rings is 4.